The average Bonchev–Trinajstić information content (AvgIpc) is 2.70. The Kier molecular flexibility index (Phi) is 6.96. The fraction of sp³-hybridized carbons (Fsp3) is 0.522. The zero-order chi connectivity index (χ0) is 20.9. The Bertz CT molecular complexity index is 793. The van der Waals surface area contributed by atoms with Gasteiger partial charge in [-0.25, -0.2) is 0 Å². The topological polar surface area (TPSA) is 96.2 Å². The van der Waals surface area contributed by atoms with Crippen molar-refractivity contribution in [3.05, 3.63) is 42.0 Å². The van der Waals surface area contributed by atoms with Gasteiger partial charge in [-0.15, -0.1) is 0 Å². The van der Waals surface area contributed by atoms with E-state index in [2.05, 4.69) is 11.8 Å². The Hall–Kier alpha value is -2.33. The van der Waals surface area contributed by atoms with E-state index in [1.165, 1.54) is 0 Å². The fourth-order valence-corrected chi connectivity index (χ4v) is 4.39. The lowest BCUT2D eigenvalue weighted by atomic mass is 9.53. The monoisotopic (exact) mass is 400 g/mol. The number of aliphatic hydroxyl groups excluding tert-OH is 2. The van der Waals surface area contributed by atoms with Crippen molar-refractivity contribution in [3.8, 4) is 17.6 Å². The minimum Gasteiger partial charge on any atom is -0.490 e. The van der Waals surface area contributed by atoms with Gasteiger partial charge in [0.15, 0.2) is 0 Å². The number of rotatable bonds is 7. The smallest absolute Gasteiger partial charge is 0.303 e. The highest BCUT2D eigenvalue weighted by Gasteiger charge is 2.58. The predicted octanol–water partition coefficient (Wildman–Crippen LogP) is 2.40. The molecule has 0 saturated heterocycles. The largest absolute Gasteiger partial charge is 0.490 e. The number of fused-ring (bicyclic) bond motifs is 1. The SMILES string of the molecule is CO[C@]12CC[C@@H](O)[C@H](C#C[C@@H](O)COc3ccccc3)[C@H]1C/C2=C\CCC(=O)O. The molecule has 0 spiro atoms. The van der Waals surface area contributed by atoms with Crippen molar-refractivity contribution < 1.29 is 29.6 Å². The number of methoxy groups -OCH3 is 1. The number of allylic oxidation sites excluding steroid dienone is 1. The van der Waals surface area contributed by atoms with E-state index in [-0.39, 0.29) is 24.9 Å². The third kappa shape index (κ3) is 4.81. The van der Waals surface area contributed by atoms with E-state index in [1.807, 2.05) is 36.4 Å². The van der Waals surface area contributed by atoms with Crippen LogP contribution in [-0.2, 0) is 9.53 Å². The maximum Gasteiger partial charge on any atom is 0.303 e. The molecule has 2 aliphatic rings. The van der Waals surface area contributed by atoms with Gasteiger partial charge in [-0.2, -0.15) is 0 Å². The lowest BCUT2D eigenvalue weighted by Crippen LogP contribution is -2.59. The van der Waals surface area contributed by atoms with Crippen LogP contribution in [0.5, 0.6) is 5.75 Å². The maximum absolute atomic E-state index is 10.8. The van der Waals surface area contributed by atoms with Crippen molar-refractivity contribution in [1.29, 1.82) is 0 Å². The first-order valence-electron chi connectivity index (χ1n) is 9.98. The summed E-state index contributed by atoms with van der Waals surface area (Å²) < 4.78 is 11.4. The molecule has 0 aromatic heterocycles. The fourth-order valence-electron chi connectivity index (χ4n) is 4.39. The first-order valence-corrected chi connectivity index (χ1v) is 9.98. The second-order valence-electron chi connectivity index (χ2n) is 7.63. The van der Waals surface area contributed by atoms with Gasteiger partial charge in [-0.1, -0.05) is 36.1 Å². The third-order valence-electron chi connectivity index (χ3n) is 5.92. The molecule has 2 saturated carbocycles. The van der Waals surface area contributed by atoms with E-state index in [0.29, 0.717) is 25.0 Å². The number of carboxylic acids is 1. The second kappa shape index (κ2) is 9.45. The number of hydrogen-bond donors (Lipinski definition) is 3. The zero-order valence-corrected chi connectivity index (χ0v) is 16.6. The van der Waals surface area contributed by atoms with Crippen molar-refractivity contribution in [2.75, 3.05) is 13.7 Å². The van der Waals surface area contributed by atoms with Crippen LogP contribution in [0.3, 0.4) is 0 Å². The molecule has 2 fully saturated rings. The molecule has 0 amide bonds. The van der Waals surface area contributed by atoms with Gasteiger partial charge in [0.25, 0.3) is 0 Å². The molecular formula is C23H28O6. The summed E-state index contributed by atoms with van der Waals surface area (Å²) in [4.78, 5) is 10.8. The van der Waals surface area contributed by atoms with Crippen LogP contribution in [0.15, 0.2) is 42.0 Å². The minimum atomic E-state index is -0.952. The van der Waals surface area contributed by atoms with E-state index in [9.17, 15) is 15.0 Å². The van der Waals surface area contributed by atoms with Crippen LogP contribution in [0.2, 0.25) is 0 Å². The molecule has 0 radical (unpaired) electrons. The van der Waals surface area contributed by atoms with Gasteiger partial charge in [0.2, 0.25) is 0 Å². The van der Waals surface area contributed by atoms with Gasteiger partial charge in [0.1, 0.15) is 18.5 Å². The van der Waals surface area contributed by atoms with Gasteiger partial charge >= 0.3 is 5.97 Å². The van der Waals surface area contributed by atoms with Crippen LogP contribution in [0.25, 0.3) is 0 Å². The first kappa shape index (κ1) is 21.4. The summed E-state index contributed by atoms with van der Waals surface area (Å²) in [7, 11) is 1.65. The first-order chi connectivity index (χ1) is 14.0. The molecule has 0 aliphatic heterocycles. The van der Waals surface area contributed by atoms with Gasteiger partial charge in [-0.05, 0) is 43.4 Å². The summed E-state index contributed by atoms with van der Waals surface area (Å²) in [6.07, 6.45) is 2.96. The second-order valence-corrected chi connectivity index (χ2v) is 7.63. The molecular weight excluding hydrogens is 372 g/mol. The normalized spacial score (nSPS) is 30.4. The highest BCUT2D eigenvalue weighted by molar-refractivity contribution is 5.66. The summed E-state index contributed by atoms with van der Waals surface area (Å²) in [5, 5.41) is 29.5. The Morgan fingerprint density at radius 1 is 1.38 bits per heavy atom. The van der Waals surface area contributed by atoms with Crippen molar-refractivity contribution >= 4 is 5.97 Å². The number of benzene rings is 1. The Labute approximate surface area is 171 Å². The number of aliphatic carboxylic acids is 1. The predicted molar refractivity (Wildman–Crippen MR) is 107 cm³/mol. The highest BCUT2D eigenvalue weighted by atomic mass is 16.5. The summed E-state index contributed by atoms with van der Waals surface area (Å²) in [6, 6.07) is 9.22. The molecule has 1 aromatic carbocycles. The van der Waals surface area contributed by atoms with Crippen molar-refractivity contribution in [1.82, 2.24) is 0 Å². The van der Waals surface area contributed by atoms with E-state index in [1.54, 1.807) is 7.11 Å². The molecule has 6 nitrogen and oxygen atoms in total. The molecule has 29 heavy (non-hydrogen) atoms. The molecule has 1 aromatic rings. The van der Waals surface area contributed by atoms with E-state index >= 15 is 0 Å². The van der Waals surface area contributed by atoms with E-state index in [0.717, 1.165) is 12.0 Å². The Balaban J connectivity index is 1.64. The lowest BCUT2D eigenvalue weighted by molar-refractivity contribution is -0.139. The van der Waals surface area contributed by atoms with Crippen LogP contribution in [0.1, 0.15) is 32.1 Å². The van der Waals surface area contributed by atoms with Gasteiger partial charge in [0.05, 0.1) is 17.6 Å². The molecule has 0 heterocycles. The van der Waals surface area contributed by atoms with E-state index in [4.69, 9.17) is 14.6 Å². The van der Waals surface area contributed by atoms with Gasteiger partial charge in [-0.3, -0.25) is 4.79 Å². The van der Waals surface area contributed by atoms with Gasteiger partial charge in [0, 0.05) is 19.4 Å². The van der Waals surface area contributed by atoms with Crippen LogP contribution in [-0.4, -0.2) is 52.8 Å². The average molecular weight is 400 g/mol. The molecule has 6 heteroatoms. The lowest BCUT2D eigenvalue weighted by Gasteiger charge is -2.57. The minimum absolute atomic E-state index is 0.0297. The van der Waals surface area contributed by atoms with Crippen LogP contribution < -0.4 is 4.74 Å². The number of para-hydroxylation sites is 1. The molecule has 0 unspecified atom stereocenters. The number of carbonyl (C=O) groups is 1. The van der Waals surface area contributed by atoms with Crippen LogP contribution >= 0.6 is 0 Å². The summed E-state index contributed by atoms with van der Waals surface area (Å²) in [6.45, 7) is 0.0558. The van der Waals surface area contributed by atoms with Crippen molar-refractivity contribution in [3.63, 3.8) is 0 Å². The van der Waals surface area contributed by atoms with Gasteiger partial charge < -0.3 is 24.8 Å². The number of hydrogen-bond acceptors (Lipinski definition) is 5. The van der Waals surface area contributed by atoms with Crippen LogP contribution in [0.4, 0.5) is 0 Å². The molecule has 3 N–H and O–H groups in total. The van der Waals surface area contributed by atoms with Crippen molar-refractivity contribution in [2.24, 2.45) is 11.8 Å². The third-order valence-corrected chi connectivity index (χ3v) is 5.92. The number of aliphatic hydroxyl groups is 2. The van der Waals surface area contributed by atoms with Crippen LogP contribution in [0, 0.1) is 23.7 Å². The highest BCUT2D eigenvalue weighted by Crippen LogP contribution is 2.56. The number of ether oxygens (including phenoxy) is 2. The molecule has 0 bridgehead atoms. The summed E-state index contributed by atoms with van der Waals surface area (Å²) >= 11 is 0. The molecule has 3 rings (SSSR count). The maximum atomic E-state index is 10.8. The zero-order valence-electron chi connectivity index (χ0n) is 16.6. The standard InChI is InChI=1S/C23H28O6/c1-28-23-13-12-21(25)19(20(23)14-16(23)6-5-9-22(26)27)11-10-17(24)15-29-18-7-3-2-4-8-18/h2-4,6-8,17,19-21,24-25H,5,9,12-15H2,1H3,(H,26,27)/b16-6+/t17-,19-,20-,21-,23+/m1/s1. The molecule has 2 aliphatic carbocycles. The quantitative estimate of drug-likeness (QED) is 0.480. The number of carboxylic acid groups (broad SMARTS) is 1. The molecule has 5 atom stereocenters. The molecule has 156 valence electrons. The Morgan fingerprint density at radius 3 is 2.83 bits per heavy atom. The Morgan fingerprint density at radius 2 is 2.14 bits per heavy atom. The van der Waals surface area contributed by atoms with E-state index < -0.39 is 23.8 Å². The summed E-state index contributed by atoms with van der Waals surface area (Å²) in [5.74, 6) is 5.46. The summed E-state index contributed by atoms with van der Waals surface area (Å²) in [5.41, 5.74) is 0.612. The van der Waals surface area contributed by atoms with Crippen molar-refractivity contribution in [2.45, 2.75) is 49.9 Å².